The van der Waals surface area contributed by atoms with E-state index in [4.69, 9.17) is 5.73 Å². The van der Waals surface area contributed by atoms with Crippen molar-refractivity contribution in [2.24, 2.45) is 5.73 Å². The van der Waals surface area contributed by atoms with Crippen LogP contribution in [0.1, 0.15) is 21.6 Å². The van der Waals surface area contributed by atoms with Gasteiger partial charge in [0.2, 0.25) is 5.91 Å². The Morgan fingerprint density at radius 3 is 2.56 bits per heavy atom. The van der Waals surface area contributed by atoms with Crippen LogP contribution >= 0.6 is 0 Å². The van der Waals surface area contributed by atoms with Crippen molar-refractivity contribution in [3.63, 3.8) is 0 Å². The number of hydrogen-bond donors (Lipinski definition) is 1. The number of primary amides is 1. The lowest BCUT2D eigenvalue weighted by Gasteiger charge is -2.40. The Labute approximate surface area is 147 Å². The Bertz CT molecular complexity index is 746. The molecule has 25 heavy (non-hydrogen) atoms. The highest BCUT2D eigenvalue weighted by atomic mass is 16.2. The number of rotatable bonds is 4. The highest BCUT2D eigenvalue weighted by Crippen LogP contribution is 2.16. The lowest BCUT2D eigenvalue weighted by atomic mass is 10.1. The average Bonchev–Trinajstić information content (AvgIpc) is 2.63. The van der Waals surface area contributed by atoms with E-state index < -0.39 is 11.9 Å². The van der Waals surface area contributed by atoms with Gasteiger partial charge in [-0.25, -0.2) is 0 Å². The zero-order valence-electron chi connectivity index (χ0n) is 14.3. The van der Waals surface area contributed by atoms with Gasteiger partial charge < -0.3 is 10.6 Å². The van der Waals surface area contributed by atoms with Crippen molar-refractivity contribution in [3.05, 3.63) is 65.5 Å². The van der Waals surface area contributed by atoms with E-state index in [1.165, 1.54) is 0 Å². The SMILES string of the molecule is Cc1ccc(C(=O)N2CCN(Cc3ccccc3)[C@H](C(N)=O)C2)cn1. The zero-order valence-corrected chi connectivity index (χ0v) is 14.3. The minimum atomic E-state index is -0.490. The summed E-state index contributed by atoms with van der Waals surface area (Å²) in [6.45, 7) is 3.98. The predicted molar refractivity (Wildman–Crippen MR) is 94.7 cm³/mol. The molecule has 2 N–H and O–H groups in total. The number of carbonyl (C=O) groups is 2. The number of piperazine rings is 1. The Balaban J connectivity index is 1.71. The first-order valence-corrected chi connectivity index (χ1v) is 8.34. The molecular weight excluding hydrogens is 316 g/mol. The van der Waals surface area contributed by atoms with E-state index in [1.807, 2.05) is 48.2 Å². The van der Waals surface area contributed by atoms with E-state index in [0.717, 1.165) is 11.3 Å². The maximum Gasteiger partial charge on any atom is 0.255 e. The second-order valence-electron chi connectivity index (χ2n) is 6.31. The van der Waals surface area contributed by atoms with Gasteiger partial charge in [-0.05, 0) is 24.6 Å². The number of pyridine rings is 1. The molecular formula is C19H22N4O2. The number of hydrogen-bond acceptors (Lipinski definition) is 4. The van der Waals surface area contributed by atoms with Gasteiger partial charge in [-0.3, -0.25) is 19.5 Å². The Kier molecular flexibility index (Phi) is 5.09. The molecule has 1 aromatic carbocycles. The van der Waals surface area contributed by atoms with E-state index in [9.17, 15) is 9.59 Å². The number of nitrogens with two attached hydrogens (primary N) is 1. The van der Waals surface area contributed by atoms with Gasteiger partial charge in [-0.2, -0.15) is 0 Å². The topological polar surface area (TPSA) is 79.5 Å². The molecule has 0 aliphatic carbocycles. The van der Waals surface area contributed by atoms with E-state index >= 15 is 0 Å². The molecule has 2 amide bonds. The number of carbonyl (C=O) groups excluding carboxylic acids is 2. The molecule has 1 aliphatic rings. The average molecular weight is 338 g/mol. The normalized spacial score (nSPS) is 18.1. The van der Waals surface area contributed by atoms with Gasteiger partial charge in [0.1, 0.15) is 6.04 Å². The lowest BCUT2D eigenvalue weighted by Crippen LogP contribution is -2.58. The number of aryl methyl sites for hydroxylation is 1. The van der Waals surface area contributed by atoms with Gasteiger partial charge in [0, 0.05) is 38.1 Å². The number of amides is 2. The monoisotopic (exact) mass is 338 g/mol. The summed E-state index contributed by atoms with van der Waals surface area (Å²) in [6, 6.07) is 13.0. The number of nitrogens with zero attached hydrogens (tertiary/aromatic N) is 3. The second-order valence-corrected chi connectivity index (χ2v) is 6.31. The molecule has 0 unspecified atom stereocenters. The van der Waals surface area contributed by atoms with E-state index in [1.54, 1.807) is 17.2 Å². The van der Waals surface area contributed by atoms with Crippen molar-refractivity contribution in [3.8, 4) is 0 Å². The second kappa shape index (κ2) is 7.44. The van der Waals surface area contributed by atoms with Gasteiger partial charge in [0.15, 0.2) is 0 Å². The van der Waals surface area contributed by atoms with Crippen LogP contribution in [0.25, 0.3) is 0 Å². The van der Waals surface area contributed by atoms with Crippen LogP contribution in [0.2, 0.25) is 0 Å². The highest BCUT2D eigenvalue weighted by molar-refractivity contribution is 5.94. The van der Waals surface area contributed by atoms with Crippen molar-refractivity contribution < 1.29 is 9.59 Å². The Hall–Kier alpha value is -2.73. The molecule has 0 spiro atoms. The first-order chi connectivity index (χ1) is 12.0. The lowest BCUT2D eigenvalue weighted by molar-refractivity contribution is -0.125. The van der Waals surface area contributed by atoms with E-state index in [0.29, 0.717) is 31.7 Å². The molecule has 1 atom stereocenters. The van der Waals surface area contributed by atoms with Gasteiger partial charge in [-0.1, -0.05) is 30.3 Å². The van der Waals surface area contributed by atoms with Crippen LogP contribution in [-0.2, 0) is 11.3 Å². The van der Waals surface area contributed by atoms with Crippen LogP contribution < -0.4 is 5.73 Å². The molecule has 1 aromatic heterocycles. The summed E-state index contributed by atoms with van der Waals surface area (Å²) in [5.41, 5.74) is 8.12. The first-order valence-electron chi connectivity index (χ1n) is 8.34. The minimum Gasteiger partial charge on any atom is -0.368 e. The molecule has 2 aromatic rings. The van der Waals surface area contributed by atoms with Gasteiger partial charge in [0.05, 0.1) is 5.56 Å². The summed E-state index contributed by atoms with van der Waals surface area (Å²) in [5.74, 6) is -0.520. The minimum absolute atomic E-state index is 0.113. The van der Waals surface area contributed by atoms with Crippen molar-refractivity contribution in [1.82, 2.24) is 14.8 Å². The molecule has 1 saturated heterocycles. The van der Waals surface area contributed by atoms with Crippen molar-refractivity contribution in [1.29, 1.82) is 0 Å². The quantitative estimate of drug-likeness (QED) is 0.908. The summed E-state index contributed by atoms with van der Waals surface area (Å²) in [4.78, 5) is 32.5. The standard InChI is InChI=1S/C19H22N4O2/c1-14-7-8-16(11-21-14)19(25)23-10-9-22(17(13-23)18(20)24)12-15-5-3-2-4-6-15/h2-8,11,17H,9-10,12-13H2,1H3,(H2,20,24)/t17-/m0/s1. The van der Waals surface area contributed by atoms with Crippen LogP contribution in [-0.4, -0.2) is 52.3 Å². The fourth-order valence-electron chi connectivity index (χ4n) is 3.06. The summed E-state index contributed by atoms with van der Waals surface area (Å²) >= 11 is 0. The number of benzene rings is 1. The Morgan fingerprint density at radius 2 is 1.92 bits per heavy atom. The van der Waals surface area contributed by atoms with Crippen molar-refractivity contribution in [2.75, 3.05) is 19.6 Å². The van der Waals surface area contributed by atoms with Crippen LogP contribution in [0.15, 0.2) is 48.7 Å². The van der Waals surface area contributed by atoms with Gasteiger partial charge in [0.25, 0.3) is 5.91 Å². The van der Waals surface area contributed by atoms with Crippen LogP contribution in [0, 0.1) is 6.92 Å². The molecule has 1 fully saturated rings. The third-order valence-electron chi connectivity index (χ3n) is 4.49. The molecule has 0 bridgehead atoms. The zero-order chi connectivity index (χ0) is 17.8. The van der Waals surface area contributed by atoms with E-state index in [2.05, 4.69) is 4.98 Å². The molecule has 130 valence electrons. The summed E-state index contributed by atoms with van der Waals surface area (Å²) in [5, 5.41) is 0. The highest BCUT2D eigenvalue weighted by Gasteiger charge is 2.33. The molecule has 0 radical (unpaired) electrons. The van der Waals surface area contributed by atoms with E-state index in [-0.39, 0.29) is 5.91 Å². The smallest absolute Gasteiger partial charge is 0.255 e. The summed E-state index contributed by atoms with van der Waals surface area (Å²) in [7, 11) is 0. The fraction of sp³-hybridized carbons (Fsp3) is 0.316. The van der Waals surface area contributed by atoms with Crippen LogP contribution in [0.3, 0.4) is 0 Å². The van der Waals surface area contributed by atoms with Crippen molar-refractivity contribution >= 4 is 11.8 Å². The van der Waals surface area contributed by atoms with Gasteiger partial charge >= 0.3 is 0 Å². The fourth-order valence-corrected chi connectivity index (χ4v) is 3.06. The number of aromatic nitrogens is 1. The molecule has 6 nitrogen and oxygen atoms in total. The summed E-state index contributed by atoms with van der Waals surface area (Å²) < 4.78 is 0. The maximum atomic E-state index is 12.7. The third kappa shape index (κ3) is 4.03. The Morgan fingerprint density at radius 1 is 1.16 bits per heavy atom. The van der Waals surface area contributed by atoms with Crippen LogP contribution in [0.5, 0.6) is 0 Å². The largest absolute Gasteiger partial charge is 0.368 e. The molecule has 6 heteroatoms. The molecule has 2 heterocycles. The van der Waals surface area contributed by atoms with Crippen molar-refractivity contribution in [2.45, 2.75) is 19.5 Å². The molecule has 3 rings (SSSR count). The first kappa shape index (κ1) is 17.1. The predicted octanol–water partition coefficient (Wildman–Crippen LogP) is 1.20. The maximum absolute atomic E-state index is 12.7. The molecule has 0 saturated carbocycles. The molecule has 1 aliphatic heterocycles. The van der Waals surface area contributed by atoms with Crippen LogP contribution in [0.4, 0.5) is 0 Å². The summed E-state index contributed by atoms with van der Waals surface area (Å²) in [6.07, 6.45) is 1.58. The van der Waals surface area contributed by atoms with Gasteiger partial charge in [-0.15, -0.1) is 0 Å². The third-order valence-corrected chi connectivity index (χ3v) is 4.49.